The van der Waals surface area contributed by atoms with E-state index < -0.39 is 0 Å². The Kier molecular flexibility index (Phi) is 4.28. The Hall–Kier alpha value is -2.45. The van der Waals surface area contributed by atoms with Gasteiger partial charge in [0.05, 0.1) is 5.69 Å². The van der Waals surface area contributed by atoms with Gasteiger partial charge in [-0.2, -0.15) is 10.4 Å². The van der Waals surface area contributed by atoms with Gasteiger partial charge in [0, 0.05) is 0 Å². The van der Waals surface area contributed by atoms with Crippen LogP contribution in [0.3, 0.4) is 0 Å². The van der Waals surface area contributed by atoms with Gasteiger partial charge in [0.15, 0.2) is 0 Å². The molecule has 0 aliphatic carbocycles. The summed E-state index contributed by atoms with van der Waals surface area (Å²) in [5.74, 6) is 0.863. The number of aryl methyl sites for hydroxylation is 1. The third kappa shape index (κ3) is 2.92. The van der Waals surface area contributed by atoms with Crippen LogP contribution in [-0.2, 0) is 6.42 Å². The highest BCUT2D eigenvalue weighted by Crippen LogP contribution is 2.25. The van der Waals surface area contributed by atoms with Gasteiger partial charge in [-0.05, 0) is 50.1 Å². The van der Waals surface area contributed by atoms with Crippen molar-refractivity contribution in [2.24, 2.45) is 5.73 Å². The molecule has 2 aromatic rings. The van der Waals surface area contributed by atoms with E-state index in [4.69, 9.17) is 10.5 Å². The zero-order chi connectivity index (χ0) is 14.5. The molecule has 0 spiro atoms. The first-order chi connectivity index (χ1) is 9.65. The Balaban J connectivity index is 2.26. The van der Waals surface area contributed by atoms with E-state index in [9.17, 15) is 5.26 Å². The van der Waals surface area contributed by atoms with Gasteiger partial charge in [-0.15, -0.1) is 5.10 Å². The molecule has 0 unspecified atom stereocenters. The zero-order valence-electron chi connectivity index (χ0n) is 11.6. The first kappa shape index (κ1) is 14.0. The SMILES string of the molecule is Cc1nnc(Oc2ccc(CCN)cc2)c(C#N)c1C. The van der Waals surface area contributed by atoms with Crippen molar-refractivity contribution in [2.45, 2.75) is 20.3 Å². The Morgan fingerprint density at radius 3 is 2.50 bits per heavy atom. The molecule has 0 atom stereocenters. The number of nitrogens with zero attached hydrogens (tertiary/aromatic N) is 3. The van der Waals surface area contributed by atoms with E-state index in [1.54, 1.807) is 0 Å². The van der Waals surface area contributed by atoms with Gasteiger partial charge in [-0.1, -0.05) is 12.1 Å². The molecule has 0 aliphatic heterocycles. The molecule has 0 radical (unpaired) electrons. The summed E-state index contributed by atoms with van der Waals surface area (Å²) < 4.78 is 5.64. The van der Waals surface area contributed by atoms with Gasteiger partial charge in [0.25, 0.3) is 5.88 Å². The van der Waals surface area contributed by atoms with Gasteiger partial charge in [-0.3, -0.25) is 0 Å². The van der Waals surface area contributed by atoms with Crippen LogP contribution in [-0.4, -0.2) is 16.7 Å². The number of benzene rings is 1. The molecular formula is C15H16N4O. The molecule has 0 saturated heterocycles. The molecule has 5 heteroatoms. The largest absolute Gasteiger partial charge is 0.437 e. The van der Waals surface area contributed by atoms with E-state index >= 15 is 0 Å². The number of hydrogen-bond donors (Lipinski definition) is 1. The highest BCUT2D eigenvalue weighted by atomic mass is 16.5. The van der Waals surface area contributed by atoms with Crippen molar-refractivity contribution < 1.29 is 4.74 Å². The lowest BCUT2D eigenvalue weighted by Gasteiger charge is -2.09. The standard InChI is InChI=1S/C15H16N4O/c1-10-11(2)18-19-15(14(10)9-17)20-13-5-3-12(4-6-13)7-8-16/h3-6H,7-8,16H2,1-2H3. The van der Waals surface area contributed by atoms with Crippen LogP contribution in [0, 0.1) is 25.2 Å². The summed E-state index contributed by atoms with van der Waals surface area (Å²) in [5, 5.41) is 17.1. The number of hydrogen-bond acceptors (Lipinski definition) is 5. The van der Waals surface area contributed by atoms with Crippen LogP contribution in [0.1, 0.15) is 22.4 Å². The molecular weight excluding hydrogens is 252 g/mol. The second kappa shape index (κ2) is 6.13. The summed E-state index contributed by atoms with van der Waals surface area (Å²) in [6.07, 6.45) is 0.827. The van der Waals surface area contributed by atoms with Crippen molar-refractivity contribution in [3.05, 3.63) is 46.6 Å². The Morgan fingerprint density at radius 2 is 1.90 bits per heavy atom. The molecule has 0 amide bonds. The average molecular weight is 268 g/mol. The van der Waals surface area contributed by atoms with Crippen LogP contribution in [0.5, 0.6) is 11.6 Å². The van der Waals surface area contributed by atoms with Gasteiger partial charge in [0.1, 0.15) is 17.4 Å². The van der Waals surface area contributed by atoms with Crippen molar-refractivity contribution in [1.29, 1.82) is 5.26 Å². The number of nitriles is 1. The Bertz CT molecular complexity index is 644. The van der Waals surface area contributed by atoms with Gasteiger partial charge in [-0.25, -0.2) is 0 Å². The van der Waals surface area contributed by atoms with E-state index in [0.29, 0.717) is 17.9 Å². The van der Waals surface area contributed by atoms with Crippen LogP contribution in [0.4, 0.5) is 0 Å². The van der Waals surface area contributed by atoms with E-state index in [0.717, 1.165) is 23.2 Å². The third-order valence-corrected chi connectivity index (χ3v) is 3.11. The fraction of sp³-hybridized carbons (Fsp3) is 0.267. The molecule has 0 bridgehead atoms. The van der Waals surface area contributed by atoms with Gasteiger partial charge >= 0.3 is 0 Å². The lowest BCUT2D eigenvalue weighted by molar-refractivity contribution is 0.451. The van der Waals surface area contributed by atoms with E-state index in [-0.39, 0.29) is 5.88 Å². The second-order valence-electron chi connectivity index (χ2n) is 4.49. The molecule has 2 N–H and O–H groups in total. The van der Waals surface area contributed by atoms with Crippen LogP contribution < -0.4 is 10.5 Å². The minimum Gasteiger partial charge on any atom is -0.437 e. The van der Waals surface area contributed by atoms with E-state index in [1.165, 1.54) is 0 Å². The minimum atomic E-state index is 0.238. The number of rotatable bonds is 4. The lowest BCUT2D eigenvalue weighted by Crippen LogP contribution is -2.02. The normalized spacial score (nSPS) is 10.1. The predicted molar refractivity (Wildman–Crippen MR) is 75.5 cm³/mol. The first-order valence-corrected chi connectivity index (χ1v) is 6.36. The molecule has 1 aromatic heterocycles. The average Bonchev–Trinajstić information content (AvgIpc) is 2.46. The van der Waals surface area contributed by atoms with Gasteiger partial charge in [0.2, 0.25) is 0 Å². The van der Waals surface area contributed by atoms with E-state index in [2.05, 4.69) is 16.3 Å². The second-order valence-corrected chi connectivity index (χ2v) is 4.49. The maximum Gasteiger partial charge on any atom is 0.257 e. The maximum atomic E-state index is 9.20. The molecule has 1 aromatic carbocycles. The molecule has 20 heavy (non-hydrogen) atoms. The molecule has 0 aliphatic rings. The zero-order valence-corrected chi connectivity index (χ0v) is 11.6. The van der Waals surface area contributed by atoms with Crippen LogP contribution in [0.25, 0.3) is 0 Å². The minimum absolute atomic E-state index is 0.238. The summed E-state index contributed by atoms with van der Waals surface area (Å²) in [4.78, 5) is 0. The smallest absolute Gasteiger partial charge is 0.257 e. The summed E-state index contributed by atoms with van der Waals surface area (Å²) in [7, 11) is 0. The molecule has 0 saturated carbocycles. The highest BCUT2D eigenvalue weighted by molar-refractivity contribution is 5.46. The van der Waals surface area contributed by atoms with Crippen molar-refractivity contribution in [2.75, 3.05) is 6.54 Å². The summed E-state index contributed by atoms with van der Waals surface area (Å²) in [6, 6.07) is 9.68. The Morgan fingerprint density at radius 1 is 1.20 bits per heavy atom. The topological polar surface area (TPSA) is 84.8 Å². The summed E-state index contributed by atoms with van der Waals surface area (Å²) in [6.45, 7) is 4.26. The Labute approximate surface area is 118 Å². The highest BCUT2D eigenvalue weighted by Gasteiger charge is 2.12. The molecule has 5 nitrogen and oxygen atoms in total. The predicted octanol–water partition coefficient (Wildman–Crippen LogP) is 2.26. The molecule has 102 valence electrons. The number of ether oxygens (including phenoxy) is 1. The summed E-state index contributed by atoms with van der Waals surface area (Å²) >= 11 is 0. The van der Waals surface area contributed by atoms with Crippen molar-refractivity contribution in [1.82, 2.24) is 10.2 Å². The monoisotopic (exact) mass is 268 g/mol. The van der Waals surface area contributed by atoms with Crippen LogP contribution in [0.2, 0.25) is 0 Å². The quantitative estimate of drug-likeness (QED) is 0.919. The lowest BCUT2D eigenvalue weighted by atomic mass is 10.1. The number of aromatic nitrogens is 2. The fourth-order valence-corrected chi connectivity index (χ4v) is 1.79. The molecule has 0 fully saturated rings. The van der Waals surface area contributed by atoms with Crippen LogP contribution >= 0.6 is 0 Å². The summed E-state index contributed by atoms with van der Waals surface area (Å²) in [5.41, 5.74) is 8.59. The van der Waals surface area contributed by atoms with Crippen LogP contribution in [0.15, 0.2) is 24.3 Å². The fourth-order valence-electron chi connectivity index (χ4n) is 1.79. The van der Waals surface area contributed by atoms with Crippen molar-refractivity contribution in [3.63, 3.8) is 0 Å². The van der Waals surface area contributed by atoms with Gasteiger partial charge < -0.3 is 10.5 Å². The molecule has 1 heterocycles. The van der Waals surface area contributed by atoms with Crippen molar-refractivity contribution in [3.8, 4) is 17.7 Å². The first-order valence-electron chi connectivity index (χ1n) is 6.36. The maximum absolute atomic E-state index is 9.20. The number of nitrogens with two attached hydrogens (primary N) is 1. The third-order valence-electron chi connectivity index (χ3n) is 3.11. The molecule has 2 rings (SSSR count). The van der Waals surface area contributed by atoms with Crippen molar-refractivity contribution >= 4 is 0 Å². The van der Waals surface area contributed by atoms with E-state index in [1.807, 2.05) is 38.1 Å².